The molecule has 5 rings (SSSR count). The molecule has 4 aliphatic rings. The van der Waals surface area contributed by atoms with Crippen LogP contribution in [0.1, 0.15) is 92.6 Å². The average Bonchev–Trinajstić information content (AvgIpc) is 3.49. The summed E-state index contributed by atoms with van der Waals surface area (Å²) in [6.07, 6.45) is 12.3. The van der Waals surface area contributed by atoms with E-state index in [1.807, 2.05) is 20.1 Å². The molecule has 0 spiro atoms. The zero-order valence-corrected chi connectivity index (χ0v) is 25.3. The van der Waals surface area contributed by atoms with Crippen LogP contribution < -0.4 is 5.32 Å². The number of carbonyl (C=O) groups is 3. The number of esters is 1. The van der Waals surface area contributed by atoms with Crippen LogP contribution in [0.5, 0.6) is 0 Å². The first-order chi connectivity index (χ1) is 18.5. The predicted octanol–water partition coefficient (Wildman–Crippen LogP) is 6.74. The van der Waals surface area contributed by atoms with Gasteiger partial charge in [0.05, 0.1) is 12.5 Å². The van der Waals surface area contributed by atoms with Gasteiger partial charge in [0.15, 0.2) is 5.78 Å². The molecule has 2 fully saturated rings. The van der Waals surface area contributed by atoms with Gasteiger partial charge in [-0.15, -0.1) is 0 Å². The van der Waals surface area contributed by atoms with Gasteiger partial charge < -0.3 is 19.2 Å². The van der Waals surface area contributed by atoms with Crippen molar-refractivity contribution in [3.8, 4) is 0 Å². The molecule has 7 atom stereocenters. The Morgan fingerprint density at radius 3 is 2.50 bits per heavy atom. The number of fused-ring (bicyclic) bond motifs is 5. The fourth-order valence-corrected chi connectivity index (χ4v) is 9.06. The van der Waals surface area contributed by atoms with Gasteiger partial charge >= 0.3 is 12.1 Å². The molecule has 218 valence electrons. The van der Waals surface area contributed by atoms with E-state index in [0.717, 1.165) is 19.3 Å². The van der Waals surface area contributed by atoms with Crippen LogP contribution in [0, 0.1) is 33.5 Å². The number of ether oxygens (including phenoxy) is 2. The van der Waals surface area contributed by atoms with Gasteiger partial charge in [-0.3, -0.25) is 9.59 Å². The van der Waals surface area contributed by atoms with Gasteiger partial charge in [0.2, 0.25) is 0 Å². The number of carbonyl (C=O) groups excluding carboxylic acids is 3. The first-order valence-corrected chi connectivity index (χ1v) is 14.7. The van der Waals surface area contributed by atoms with Crippen LogP contribution in [-0.4, -0.2) is 36.1 Å². The SMILES string of the molecule is CC(C)(C)OC(=O)NCC(=O)O[C@@H]1CC2C(C)(C)C(=O)C=C[C@]2(C)C2CC[C@]3(C)C(=CC[C@H]3c3ccoc3)[C@@]21C. The third-order valence-corrected chi connectivity index (χ3v) is 10.9. The van der Waals surface area contributed by atoms with Gasteiger partial charge in [0.25, 0.3) is 0 Å². The second kappa shape index (κ2) is 9.35. The van der Waals surface area contributed by atoms with Crippen LogP contribution in [-0.2, 0) is 19.1 Å². The number of hydrogen-bond donors (Lipinski definition) is 1. The van der Waals surface area contributed by atoms with E-state index in [1.165, 1.54) is 11.1 Å². The second-order valence-corrected chi connectivity index (χ2v) is 14.7. The number of furan rings is 1. The highest BCUT2D eigenvalue weighted by Crippen LogP contribution is 2.72. The summed E-state index contributed by atoms with van der Waals surface area (Å²) in [5.74, 6) is 0.127. The Hall–Kier alpha value is -2.83. The number of rotatable bonds is 4. The predicted molar refractivity (Wildman–Crippen MR) is 151 cm³/mol. The van der Waals surface area contributed by atoms with Crippen LogP contribution in [0.15, 0.2) is 46.8 Å². The van der Waals surface area contributed by atoms with Crippen molar-refractivity contribution in [2.24, 2.45) is 33.5 Å². The third kappa shape index (κ3) is 4.35. The molecule has 2 saturated carbocycles. The van der Waals surface area contributed by atoms with E-state index < -0.39 is 34.6 Å². The second-order valence-electron chi connectivity index (χ2n) is 14.7. The van der Waals surface area contributed by atoms with Crippen molar-refractivity contribution in [2.45, 2.75) is 98.7 Å². The highest BCUT2D eigenvalue weighted by Gasteiger charge is 2.68. The summed E-state index contributed by atoms with van der Waals surface area (Å²) in [6.45, 7) is 16.1. The van der Waals surface area contributed by atoms with Crippen molar-refractivity contribution in [1.29, 1.82) is 0 Å². The van der Waals surface area contributed by atoms with Crippen molar-refractivity contribution >= 4 is 17.8 Å². The molecule has 0 saturated heterocycles. The Balaban J connectivity index is 1.50. The molecule has 0 aliphatic heterocycles. The molecule has 2 unspecified atom stereocenters. The van der Waals surface area contributed by atoms with Crippen LogP contribution in [0.2, 0.25) is 0 Å². The summed E-state index contributed by atoms with van der Waals surface area (Å²) in [5.41, 5.74) is 0.565. The molecule has 0 radical (unpaired) electrons. The molecule has 7 nitrogen and oxygen atoms in total. The lowest BCUT2D eigenvalue weighted by atomic mass is 9.38. The van der Waals surface area contributed by atoms with E-state index in [4.69, 9.17) is 13.9 Å². The van der Waals surface area contributed by atoms with Crippen molar-refractivity contribution in [2.75, 3.05) is 6.54 Å². The summed E-state index contributed by atoms with van der Waals surface area (Å²) >= 11 is 0. The summed E-state index contributed by atoms with van der Waals surface area (Å²) in [7, 11) is 0. The Labute approximate surface area is 238 Å². The van der Waals surface area contributed by atoms with Crippen LogP contribution in [0.4, 0.5) is 4.79 Å². The first kappa shape index (κ1) is 28.7. The smallest absolute Gasteiger partial charge is 0.408 e. The lowest BCUT2D eigenvalue weighted by Crippen LogP contribution is -2.64. The maximum atomic E-state index is 13.3. The fourth-order valence-electron chi connectivity index (χ4n) is 9.06. The topological polar surface area (TPSA) is 94.8 Å². The maximum Gasteiger partial charge on any atom is 0.408 e. The molecular weight excluding hydrogens is 506 g/mol. The standard InChI is InChI=1S/C33H45NO6/c1-29(2,3)40-28(37)34-18-27(36)39-26-17-24-30(4,5)25(35)12-15-32(24,7)23-11-14-31(6)21(20-13-16-38-19-20)9-10-22(31)33(23,26)8/h10,12-13,15-16,19,21,23-24,26H,9,11,14,17-18H2,1-8H3,(H,34,37)/t21-,23?,24?,26+,31-,32+,33-/m0/s1. The number of amides is 1. The fraction of sp³-hybridized carbons (Fsp3) is 0.667. The van der Waals surface area contributed by atoms with Crippen molar-refractivity contribution in [3.05, 3.63) is 48.0 Å². The lowest BCUT2D eigenvalue weighted by Gasteiger charge is -2.66. The Morgan fingerprint density at radius 2 is 1.85 bits per heavy atom. The first-order valence-electron chi connectivity index (χ1n) is 14.7. The molecule has 1 aromatic rings. The highest BCUT2D eigenvalue weighted by atomic mass is 16.6. The molecule has 1 N–H and O–H groups in total. The zero-order chi connectivity index (χ0) is 29.3. The van der Waals surface area contributed by atoms with Gasteiger partial charge in [-0.1, -0.05) is 52.3 Å². The number of nitrogens with one attached hydrogen (secondary N) is 1. The zero-order valence-electron chi connectivity index (χ0n) is 25.3. The molecule has 1 aromatic heterocycles. The minimum Gasteiger partial charge on any atom is -0.472 e. The minimum atomic E-state index is -0.665. The molecule has 4 aliphatic carbocycles. The largest absolute Gasteiger partial charge is 0.472 e. The summed E-state index contributed by atoms with van der Waals surface area (Å²) < 4.78 is 17.1. The Morgan fingerprint density at radius 1 is 1.12 bits per heavy atom. The summed E-state index contributed by atoms with van der Waals surface area (Å²) in [6, 6.07) is 2.07. The Bertz CT molecular complexity index is 1250. The van der Waals surface area contributed by atoms with Crippen LogP contribution in [0.3, 0.4) is 0 Å². The van der Waals surface area contributed by atoms with Crippen LogP contribution >= 0.6 is 0 Å². The minimum absolute atomic E-state index is 0.0169. The van der Waals surface area contributed by atoms with Crippen LogP contribution in [0.25, 0.3) is 0 Å². The number of ketones is 1. The number of hydrogen-bond acceptors (Lipinski definition) is 6. The van der Waals surface area contributed by atoms with Crippen molar-refractivity contribution in [1.82, 2.24) is 5.32 Å². The molecular formula is C33H45NO6. The molecule has 0 aromatic carbocycles. The van der Waals surface area contributed by atoms with Gasteiger partial charge in [-0.05, 0) is 92.7 Å². The maximum absolute atomic E-state index is 13.3. The highest BCUT2D eigenvalue weighted by molar-refractivity contribution is 5.95. The average molecular weight is 552 g/mol. The third-order valence-electron chi connectivity index (χ3n) is 10.9. The van der Waals surface area contributed by atoms with E-state index >= 15 is 0 Å². The van der Waals surface area contributed by atoms with Crippen molar-refractivity contribution < 1.29 is 28.3 Å². The summed E-state index contributed by atoms with van der Waals surface area (Å²) in [5, 5.41) is 2.55. The van der Waals surface area contributed by atoms with Gasteiger partial charge in [0, 0.05) is 10.8 Å². The van der Waals surface area contributed by atoms with E-state index in [2.05, 4.69) is 44.3 Å². The molecule has 1 heterocycles. The lowest BCUT2D eigenvalue weighted by molar-refractivity contribution is -0.188. The van der Waals surface area contributed by atoms with Gasteiger partial charge in [-0.25, -0.2) is 4.79 Å². The van der Waals surface area contributed by atoms with E-state index in [9.17, 15) is 14.4 Å². The molecule has 1 amide bonds. The van der Waals surface area contributed by atoms with Gasteiger partial charge in [-0.2, -0.15) is 0 Å². The van der Waals surface area contributed by atoms with E-state index in [-0.39, 0.29) is 35.0 Å². The molecule has 40 heavy (non-hydrogen) atoms. The molecule has 7 heteroatoms. The number of allylic oxidation sites excluding steroid dienone is 3. The van der Waals surface area contributed by atoms with E-state index in [0.29, 0.717) is 12.3 Å². The molecule has 0 bridgehead atoms. The summed E-state index contributed by atoms with van der Waals surface area (Å²) in [4.78, 5) is 38.6. The Kier molecular flexibility index (Phi) is 6.71. The normalized spacial score (nSPS) is 38.0. The quantitative estimate of drug-likeness (QED) is 0.329. The van der Waals surface area contributed by atoms with Crippen molar-refractivity contribution in [3.63, 3.8) is 0 Å². The van der Waals surface area contributed by atoms with Gasteiger partial charge in [0.1, 0.15) is 18.2 Å². The monoisotopic (exact) mass is 551 g/mol. The number of alkyl carbamates (subject to hydrolysis) is 1. The van der Waals surface area contributed by atoms with E-state index in [1.54, 1.807) is 33.1 Å².